The molecule has 26 heavy (non-hydrogen) atoms. The van der Waals surface area contributed by atoms with Crippen molar-refractivity contribution in [1.29, 1.82) is 0 Å². The first-order valence-corrected chi connectivity index (χ1v) is 8.91. The standard InChI is InChI=1S/C21H29NO4/c1-4-5-6-7-8-9-11-15(2)12-10-13-16(3)19(24)18-20(25)17(14-23)22-21(18)26/h4-9,13,15,17,23-24H,10-12,14H2,1-3H3,(H,22,26)/p-1/b5-4+,7-6+,9-8+,16-13+,19-18-/t15-,17-/m0/s1. The summed E-state index contributed by atoms with van der Waals surface area (Å²) in [7, 11) is 0. The monoisotopic (exact) mass is 358 g/mol. The Morgan fingerprint density at radius 3 is 2.58 bits per heavy atom. The molecule has 1 fully saturated rings. The molecule has 0 aromatic heterocycles. The molecule has 5 heteroatoms. The molecular weight excluding hydrogens is 330 g/mol. The second kappa shape index (κ2) is 11.3. The van der Waals surface area contributed by atoms with Crippen molar-refractivity contribution in [3.8, 4) is 0 Å². The van der Waals surface area contributed by atoms with E-state index in [0.29, 0.717) is 17.9 Å². The third-order valence-corrected chi connectivity index (χ3v) is 4.17. The molecule has 0 aromatic carbocycles. The van der Waals surface area contributed by atoms with E-state index in [1.165, 1.54) is 0 Å². The van der Waals surface area contributed by atoms with Crippen LogP contribution in [0.25, 0.3) is 0 Å². The molecule has 142 valence electrons. The second-order valence-corrected chi connectivity index (χ2v) is 6.42. The van der Waals surface area contributed by atoms with Crippen LogP contribution in [0.4, 0.5) is 0 Å². The molecule has 1 rings (SSSR count). The highest BCUT2D eigenvalue weighted by atomic mass is 16.3. The van der Waals surface area contributed by atoms with Gasteiger partial charge in [-0.3, -0.25) is 9.59 Å². The number of aliphatic hydroxyl groups excluding tert-OH is 1. The molecule has 1 saturated heterocycles. The lowest BCUT2D eigenvalue weighted by molar-refractivity contribution is -0.298. The van der Waals surface area contributed by atoms with Crippen LogP contribution in [0.2, 0.25) is 0 Å². The van der Waals surface area contributed by atoms with Crippen LogP contribution in [0.1, 0.15) is 40.0 Å². The molecular formula is C21H28NO4-. The average Bonchev–Trinajstić information content (AvgIpc) is 2.90. The SMILES string of the molecule is C/C=C/C=C/C=C/C[C@H](C)CC/C=C(C)/C([O-])=C1/C(=O)N[C@@H](CO)C1=O. The van der Waals surface area contributed by atoms with Crippen LogP contribution in [0, 0.1) is 5.92 Å². The van der Waals surface area contributed by atoms with Gasteiger partial charge in [-0.05, 0) is 39.0 Å². The molecule has 2 atom stereocenters. The Morgan fingerprint density at radius 2 is 1.96 bits per heavy atom. The normalized spacial score (nSPS) is 22.0. The number of allylic oxidation sites excluding steroid dienone is 8. The van der Waals surface area contributed by atoms with Gasteiger partial charge in [0.25, 0.3) is 5.91 Å². The minimum atomic E-state index is -0.997. The topological polar surface area (TPSA) is 89.5 Å². The molecule has 0 radical (unpaired) electrons. The number of ketones is 1. The first-order chi connectivity index (χ1) is 12.4. The Hall–Kier alpha value is -2.40. The molecule has 1 amide bonds. The summed E-state index contributed by atoms with van der Waals surface area (Å²) >= 11 is 0. The van der Waals surface area contributed by atoms with Crippen LogP contribution in [-0.2, 0) is 9.59 Å². The Labute approximate surface area is 155 Å². The number of Topliss-reactive ketones (excluding diaryl/α,β-unsaturated/α-hetero) is 1. The number of carbonyl (C=O) groups excluding carboxylic acids is 2. The zero-order valence-electron chi connectivity index (χ0n) is 15.7. The Morgan fingerprint density at radius 1 is 1.27 bits per heavy atom. The van der Waals surface area contributed by atoms with E-state index in [1.54, 1.807) is 13.0 Å². The first kappa shape index (κ1) is 21.6. The molecule has 0 unspecified atom stereocenters. The zero-order chi connectivity index (χ0) is 19.5. The van der Waals surface area contributed by atoms with E-state index in [0.717, 1.165) is 12.8 Å². The molecule has 0 bridgehead atoms. The molecule has 1 aliphatic rings. The Balaban J connectivity index is 2.56. The van der Waals surface area contributed by atoms with Crippen molar-refractivity contribution in [2.75, 3.05) is 6.61 Å². The summed E-state index contributed by atoms with van der Waals surface area (Å²) in [5.74, 6) is -1.41. The number of hydrogen-bond acceptors (Lipinski definition) is 4. The smallest absolute Gasteiger partial charge is 0.255 e. The van der Waals surface area contributed by atoms with Gasteiger partial charge < -0.3 is 15.5 Å². The van der Waals surface area contributed by atoms with E-state index in [1.807, 2.05) is 37.3 Å². The number of carbonyl (C=O) groups is 2. The van der Waals surface area contributed by atoms with Crippen LogP contribution in [0.5, 0.6) is 0 Å². The second-order valence-electron chi connectivity index (χ2n) is 6.42. The fourth-order valence-electron chi connectivity index (χ4n) is 2.55. The van der Waals surface area contributed by atoms with Crippen LogP contribution >= 0.6 is 0 Å². The molecule has 0 aliphatic carbocycles. The Bertz CT molecular complexity index is 653. The van der Waals surface area contributed by atoms with Crippen molar-refractivity contribution < 1.29 is 19.8 Å². The summed E-state index contributed by atoms with van der Waals surface area (Å²) in [6, 6.07) is -0.997. The average molecular weight is 358 g/mol. The van der Waals surface area contributed by atoms with Crippen LogP contribution in [0.3, 0.4) is 0 Å². The number of nitrogens with one attached hydrogen (secondary N) is 1. The molecule has 2 N–H and O–H groups in total. The lowest BCUT2D eigenvalue weighted by atomic mass is 9.99. The summed E-state index contributed by atoms with van der Waals surface area (Å²) in [6.45, 7) is 5.21. The van der Waals surface area contributed by atoms with Gasteiger partial charge in [-0.25, -0.2) is 0 Å². The molecule has 1 aliphatic heterocycles. The molecule has 1 heterocycles. The first-order valence-electron chi connectivity index (χ1n) is 8.91. The van der Waals surface area contributed by atoms with Gasteiger partial charge in [-0.15, -0.1) is 0 Å². The van der Waals surface area contributed by atoms with E-state index in [2.05, 4.69) is 18.3 Å². The summed E-state index contributed by atoms with van der Waals surface area (Å²) in [4.78, 5) is 23.7. The largest absolute Gasteiger partial charge is 0.872 e. The third-order valence-electron chi connectivity index (χ3n) is 4.17. The minimum Gasteiger partial charge on any atom is -0.872 e. The van der Waals surface area contributed by atoms with E-state index in [-0.39, 0.29) is 5.57 Å². The van der Waals surface area contributed by atoms with Crippen molar-refractivity contribution in [1.82, 2.24) is 5.32 Å². The van der Waals surface area contributed by atoms with E-state index in [4.69, 9.17) is 5.11 Å². The van der Waals surface area contributed by atoms with Gasteiger partial charge in [-0.1, -0.05) is 60.8 Å². The van der Waals surface area contributed by atoms with Crippen LogP contribution < -0.4 is 10.4 Å². The van der Waals surface area contributed by atoms with Crippen molar-refractivity contribution in [3.63, 3.8) is 0 Å². The van der Waals surface area contributed by atoms with Crippen LogP contribution in [0.15, 0.2) is 59.4 Å². The van der Waals surface area contributed by atoms with Gasteiger partial charge in [0, 0.05) is 0 Å². The predicted molar refractivity (Wildman–Crippen MR) is 101 cm³/mol. The summed E-state index contributed by atoms with van der Waals surface area (Å²) in [6.07, 6.45) is 16.3. The number of amides is 1. The summed E-state index contributed by atoms with van der Waals surface area (Å²) in [5, 5.41) is 23.7. The number of hydrogen-bond donors (Lipinski definition) is 2. The number of rotatable bonds is 9. The van der Waals surface area contributed by atoms with Crippen molar-refractivity contribution in [3.05, 3.63) is 59.4 Å². The highest BCUT2D eigenvalue weighted by Gasteiger charge is 2.35. The van der Waals surface area contributed by atoms with Gasteiger partial charge in [0.15, 0.2) is 5.78 Å². The fraction of sp³-hybridized carbons (Fsp3) is 0.429. The lowest BCUT2D eigenvalue weighted by Gasteiger charge is -2.15. The van der Waals surface area contributed by atoms with Crippen LogP contribution in [-0.4, -0.2) is 29.4 Å². The van der Waals surface area contributed by atoms with Crippen molar-refractivity contribution in [2.45, 2.75) is 46.1 Å². The van der Waals surface area contributed by atoms with E-state index >= 15 is 0 Å². The maximum Gasteiger partial charge on any atom is 0.255 e. The van der Waals surface area contributed by atoms with Gasteiger partial charge in [-0.2, -0.15) is 0 Å². The van der Waals surface area contributed by atoms with E-state index in [9.17, 15) is 14.7 Å². The van der Waals surface area contributed by atoms with E-state index < -0.39 is 30.1 Å². The lowest BCUT2D eigenvalue weighted by Crippen LogP contribution is -2.32. The number of aliphatic hydroxyl groups is 1. The maximum absolute atomic E-state index is 12.3. The maximum atomic E-state index is 12.3. The summed E-state index contributed by atoms with van der Waals surface area (Å²) < 4.78 is 0. The highest BCUT2D eigenvalue weighted by molar-refractivity contribution is 6.27. The fourth-order valence-corrected chi connectivity index (χ4v) is 2.55. The Kier molecular flexibility index (Phi) is 9.37. The van der Waals surface area contributed by atoms with Gasteiger partial charge >= 0.3 is 0 Å². The predicted octanol–water partition coefficient (Wildman–Crippen LogP) is 2.10. The quantitative estimate of drug-likeness (QED) is 0.286. The molecule has 5 nitrogen and oxygen atoms in total. The van der Waals surface area contributed by atoms with Crippen molar-refractivity contribution >= 4 is 11.7 Å². The highest BCUT2D eigenvalue weighted by Crippen LogP contribution is 2.19. The van der Waals surface area contributed by atoms with Gasteiger partial charge in [0.2, 0.25) is 0 Å². The minimum absolute atomic E-state index is 0.373. The van der Waals surface area contributed by atoms with Gasteiger partial charge in [0.05, 0.1) is 12.2 Å². The molecule has 0 saturated carbocycles. The zero-order valence-corrected chi connectivity index (χ0v) is 15.7. The van der Waals surface area contributed by atoms with Crippen molar-refractivity contribution in [2.24, 2.45) is 5.92 Å². The summed E-state index contributed by atoms with van der Waals surface area (Å²) in [5.41, 5.74) is 0.0146. The molecule has 0 aromatic rings. The van der Waals surface area contributed by atoms with Gasteiger partial charge in [0.1, 0.15) is 6.04 Å². The third kappa shape index (κ3) is 6.48. The molecule has 0 spiro atoms.